The molecular formula is C17H24ClFN2O3. The summed E-state index contributed by atoms with van der Waals surface area (Å²) in [5, 5.41) is 2.70. The van der Waals surface area contributed by atoms with Crippen LogP contribution in [0.15, 0.2) is 18.2 Å². The molecule has 3 N–H and O–H groups in total. The van der Waals surface area contributed by atoms with Crippen LogP contribution in [0.1, 0.15) is 38.5 Å². The molecule has 1 amide bonds. The van der Waals surface area contributed by atoms with Crippen LogP contribution in [-0.2, 0) is 9.53 Å². The molecule has 1 aliphatic heterocycles. The summed E-state index contributed by atoms with van der Waals surface area (Å²) >= 11 is 0. The average molecular weight is 359 g/mol. The minimum absolute atomic E-state index is 0. The number of halogens is 2. The van der Waals surface area contributed by atoms with Crippen LogP contribution < -0.4 is 15.8 Å². The Kier molecular flexibility index (Phi) is 6.43. The summed E-state index contributed by atoms with van der Waals surface area (Å²) in [5.41, 5.74) is 5.56. The second-order valence-electron chi connectivity index (χ2n) is 6.39. The largest absolute Gasteiger partial charge is 0.487 e. The van der Waals surface area contributed by atoms with E-state index < -0.39 is 11.4 Å². The minimum Gasteiger partial charge on any atom is -0.487 e. The van der Waals surface area contributed by atoms with Gasteiger partial charge >= 0.3 is 0 Å². The topological polar surface area (TPSA) is 73.6 Å². The van der Waals surface area contributed by atoms with Gasteiger partial charge in [0.25, 0.3) is 0 Å². The van der Waals surface area contributed by atoms with Crippen LogP contribution in [0.3, 0.4) is 0 Å². The molecule has 2 aliphatic rings. The van der Waals surface area contributed by atoms with Crippen LogP contribution in [0, 0.1) is 5.82 Å². The molecule has 1 heterocycles. The first-order valence-electron chi connectivity index (χ1n) is 8.21. The normalized spacial score (nSPS) is 20.2. The quantitative estimate of drug-likeness (QED) is 0.867. The summed E-state index contributed by atoms with van der Waals surface area (Å²) in [6, 6.07) is 4.50. The number of ether oxygens (including phenoxy) is 2. The molecule has 0 aromatic heterocycles. The highest BCUT2D eigenvalue weighted by Gasteiger charge is 2.36. The van der Waals surface area contributed by atoms with Gasteiger partial charge in [-0.1, -0.05) is 0 Å². The molecule has 1 aromatic rings. The van der Waals surface area contributed by atoms with Crippen molar-refractivity contribution >= 4 is 24.0 Å². The number of benzene rings is 1. The van der Waals surface area contributed by atoms with Gasteiger partial charge in [-0.2, -0.15) is 0 Å². The number of amides is 1. The number of hydrogen-bond acceptors (Lipinski definition) is 4. The lowest BCUT2D eigenvalue weighted by Crippen LogP contribution is -2.54. The number of nitrogens with one attached hydrogen (secondary N) is 1. The number of nitrogens with two attached hydrogens (primary N) is 1. The Morgan fingerprint density at radius 1 is 1.29 bits per heavy atom. The highest BCUT2D eigenvalue weighted by molar-refractivity contribution is 5.98. The standard InChI is InChI=1S/C17H23FN2O3.ClH/c18-14-11-12(5-6-15(14)23-13-3-1-2-4-13)20-16(21)17(19)7-9-22-10-8-17;/h5-6,11,13H,1-4,7-10,19H2,(H,20,21);1H. The first-order chi connectivity index (χ1) is 11.1. The molecular weight excluding hydrogens is 335 g/mol. The average Bonchev–Trinajstić information content (AvgIpc) is 3.04. The van der Waals surface area contributed by atoms with E-state index in [1.165, 1.54) is 6.07 Å². The Labute approximate surface area is 147 Å². The van der Waals surface area contributed by atoms with E-state index in [4.69, 9.17) is 15.2 Å². The first kappa shape index (κ1) is 19.0. The van der Waals surface area contributed by atoms with Gasteiger partial charge in [-0.3, -0.25) is 4.79 Å². The van der Waals surface area contributed by atoms with E-state index in [0.717, 1.165) is 25.7 Å². The third-order valence-corrected chi connectivity index (χ3v) is 4.62. The van der Waals surface area contributed by atoms with Gasteiger partial charge in [-0.25, -0.2) is 4.39 Å². The van der Waals surface area contributed by atoms with Crippen molar-refractivity contribution in [3.8, 4) is 5.75 Å². The van der Waals surface area contributed by atoms with Crippen LogP contribution >= 0.6 is 12.4 Å². The van der Waals surface area contributed by atoms with Gasteiger partial charge in [-0.05, 0) is 50.7 Å². The molecule has 0 radical (unpaired) electrons. The number of rotatable bonds is 4. The second-order valence-corrected chi connectivity index (χ2v) is 6.39. The number of carbonyl (C=O) groups excluding carboxylic acids is 1. The Morgan fingerprint density at radius 2 is 1.96 bits per heavy atom. The fraction of sp³-hybridized carbons (Fsp3) is 0.588. The molecule has 1 saturated heterocycles. The van der Waals surface area contributed by atoms with E-state index >= 15 is 0 Å². The van der Waals surface area contributed by atoms with Crippen molar-refractivity contribution in [3.63, 3.8) is 0 Å². The van der Waals surface area contributed by atoms with Crippen molar-refractivity contribution < 1.29 is 18.7 Å². The fourth-order valence-corrected chi connectivity index (χ4v) is 3.08. The van der Waals surface area contributed by atoms with E-state index in [1.54, 1.807) is 12.1 Å². The Balaban J connectivity index is 0.00000208. The third kappa shape index (κ3) is 4.37. The lowest BCUT2D eigenvalue weighted by molar-refractivity contribution is -0.124. The summed E-state index contributed by atoms with van der Waals surface area (Å²) in [4.78, 5) is 12.3. The number of hydrogen-bond donors (Lipinski definition) is 2. The molecule has 1 saturated carbocycles. The predicted molar refractivity (Wildman–Crippen MR) is 92.1 cm³/mol. The maximum absolute atomic E-state index is 14.2. The van der Waals surface area contributed by atoms with Crippen LogP contribution in [0.25, 0.3) is 0 Å². The van der Waals surface area contributed by atoms with Crippen molar-refractivity contribution in [1.82, 2.24) is 0 Å². The lowest BCUT2D eigenvalue weighted by atomic mass is 9.90. The van der Waals surface area contributed by atoms with Crippen molar-refractivity contribution in [2.45, 2.75) is 50.2 Å². The SMILES string of the molecule is Cl.NC1(C(=O)Nc2ccc(OC3CCCC3)c(F)c2)CCOCC1. The van der Waals surface area contributed by atoms with Gasteiger partial charge in [0.1, 0.15) is 5.54 Å². The molecule has 0 bridgehead atoms. The summed E-state index contributed by atoms with van der Waals surface area (Å²) in [6.07, 6.45) is 5.21. The molecule has 134 valence electrons. The van der Waals surface area contributed by atoms with Crippen LogP contribution in [-0.4, -0.2) is 30.8 Å². The molecule has 5 nitrogen and oxygen atoms in total. The maximum atomic E-state index is 14.2. The zero-order valence-corrected chi connectivity index (χ0v) is 14.4. The fourth-order valence-electron chi connectivity index (χ4n) is 3.08. The van der Waals surface area contributed by atoms with E-state index in [1.807, 2.05) is 0 Å². The Hall–Kier alpha value is -1.37. The zero-order chi connectivity index (χ0) is 16.3. The lowest BCUT2D eigenvalue weighted by Gasteiger charge is -2.31. The van der Waals surface area contributed by atoms with Gasteiger partial charge in [-0.15, -0.1) is 12.4 Å². The molecule has 2 fully saturated rings. The predicted octanol–water partition coefficient (Wildman–Crippen LogP) is 3.02. The minimum atomic E-state index is -0.951. The van der Waals surface area contributed by atoms with Crippen molar-refractivity contribution in [3.05, 3.63) is 24.0 Å². The zero-order valence-electron chi connectivity index (χ0n) is 13.6. The summed E-state index contributed by atoms with van der Waals surface area (Å²) < 4.78 is 25.1. The van der Waals surface area contributed by atoms with Gasteiger partial charge < -0.3 is 20.5 Å². The van der Waals surface area contributed by atoms with Gasteiger partial charge in [0.15, 0.2) is 11.6 Å². The number of carbonyl (C=O) groups is 1. The first-order valence-corrected chi connectivity index (χ1v) is 8.21. The molecule has 1 aromatic carbocycles. The van der Waals surface area contributed by atoms with Crippen LogP contribution in [0.2, 0.25) is 0 Å². The highest BCUT2D eigenvalue weighted by Crippen LogP contribution is 2.28. The van der Waals surface area contributed by atoms with Crippen molar-refractivity contribution in [2.75, 3.05) is 18.5 Å². The smallest absolute Gasteiger partial charge is 0.244 e. The van der Waals surface area contributed by atoms with Crippen molar-refractivity contribution in [2.24, 2.45) is 5.73 Å². The maximum Gasteiger partial charge on any atom is 0.244 e. The number of anilines is 1. The van der Waals surface area contributed by atoms with E-state index in [0.29, 0.717) is 31.7 Å². The molecule has 7 heteroatoms. The molecule has 0 unspecified atom stereocenters. The molecule has 1 aliphatic carbocycles. The van der Waals surface area contributed by atoms with Gasteiger partial charge in [0.2, 0.25) is 5.91 Å². The summed E-state index contributed by atoms with van der Waals surface area (Å²) in [5.74, 6) is -0.527. The van der Waals surface area contributed by atoms with Crippen molar-refractivity contribution in [1.29, 1.82) is 0 Å². The van der Waals surface area contributed by atoms with E-state index in [-0.39, 0.29) is 30.2 Å². The van der Waals surface area contributed by atoms with Gasteiger partial charge in [0, 0.05) is 25.0 Å². The summed E-state index contributed by atoms with van der Waals surface area (Å²) in [7, 11) is 0. The molecule has 24 heavy (non-hydrogen) atoms. The van der Waals surface area contributed by atoms with Crippen LogP contribution in [0.4, 0.5) is 10.1 Å². The Bertz CT molecular complexity index is 573. The molecule has 0 spiro atoms. The molecule has 3 rings (SSSR count). The summed E-state index contributed by atoms with van der Waals surface area (Å²) in [6.45, 7) is 0.929. The second kappa shape index (κ2) is 8.14. The highest BCUT2D eigenvalue weighted by atomic mass is 35.5. The van der Waals surface area contributed by atoms with E-state index in [9.17, 15) is 9.18 Å². The van der Waals surface area contributed by atoms with Gasteiger partial charge in [0.05, 0.1) is 6.10 Å². The monoisotopic (exact) mass is 358 g/mol. The van der Waals surface area contributed by atoms with Crippen LogP contribution in [0.5, 0.6) is 5.75 Å². The molecule has 0 atom stereocenters. The Morgan fingerprint density at radius 3 is 2.58 bits per heavy atom. The van der Waals surface area contributed by atoms with E-state index in [2.05, 4.69) is 5.32 Å². The third-order valence-electron chi connectivity index (χ3n) is 4.62.